The quantitative estimate of drug-likeness (QED) is 0.759. The lowest BCUT2D eigenvalue weighted by Gasteiger charge is -2.04. The number of halogens is 1. The zero-order valence-electron chi connectivity index (χ0n) is 10.5. The number of nitrogens with zero attached hydrogens (tertiary/aromatic N) is 2. The van der Waals surface area contributed by atoms with Crippen LogP contribution in [0.1, 0.15) is 17.8 Å². The number of aromatic nitrogens is 1. The third kappa shape index (κ3) is 3.55. The molecule has 0 unspecified atom stereocenters. The van der Waals surface area contributed by atoms with Gasteiger partial charge in [0.15, 0.2) is 0 Å². The Hall–Kier alpha value is -1.38. The Labute approximate surface area is 125 Å². The number of rotatable bonds is 5. The van der Waals surface area contributed by atoms with Gasteiger partial charge in [-0.3, -0.25) is 0 Å². The standard InChI is InChI=1S/C14H13BrN2OS/c1-18-13-6-5-10(8-11(13)15)12-9-19-14(17-12)4-2-3-7-16/h5-6,8-9H,2-4H2,1H3. The van der Waals surface area contributed by atoms with Crippen LogP contribution in [0.5, 0.6) is 5.75 Å². The van der Waals surface area contributed by atoms with Gasteiger partial charge in [0, 0.05) is 23.8 Å². The zero-order valence-corrected chi connectivity index (χ0v) is 12.9. The smallest absolute Gasteiger partial charge is 0.133 e. The molecule has 3 nitrogen and oxygen atoms in total. The van der Waals surface area contributed by atoms with E-state index in [1.54, 1.807) is 18.4 Å². The molecular formula is C14H13BrN2OS. The van der Waals surface area contributed by atoms with Crippen molar-refractivity contribution in [1.29, 1.82) is 5.26 Å². The first-order valence-corrected chi connectivity index (χ1v) is 7.57. The average Bonchev–Trinajstić information content (AvgIpc) is 2.88. The maximum atomic E-state index is 8.52. The maximum Gasteiger partial charge on any atom is 0.133 e. The van der Waals surface area contributed by atoms with Crippen molar-refractivity contribution < 1.29 is 4.74 Å². The molecule has 0 saturated carbocycles. The van der Waals surface area contributed by atoms with Crippen LogP contribution in [0.15, 0.2) is 28.1 Å². The lowest BCUT2D eigenvalue weighted by atomic mass is 10.2. The second kappa shape index (κ2) is 6.69. The van der Waals surface area contributed by atoms with Crippen LogP contribution in [-0.4, -0.2) is 12.1 Å². The minimum absolute atomic E-state index is 0.586. The van der Waals surface area contributed by atoms with Crippen molar-refractivity contribution in [2.45, 2.75) is 19.3 Å². The van der Waals surface area contributed by atoms with E-state index in [1.807, 2.05) is 18.2 Å². The van der Waals surface area contributed by atoms with Gasteiger partial charge in [-0.25, -0.2) is 4.98 Å². The van der Waals surface area contributed by atoms with Gasteiger partial charge in [0.1, 0.15) is 5.75 Å². The van der Waals surface area contributed by atoms with Crippen molar-refractivity contribution in [3.05, 3.63) is 33.1 Å². The fraction of sp³-hybridized carbons (Fsp3) is 0.286. The second-order valence-corrected chi connectivity index (χ2v) is 5.78. The first-order chi connectivity index (χ1) is 9.24. The summed E-state index contributed by atoms with van der Waals surface area (Å²) in [7, 11) is 1.65. The molecule has 0 saturated heterocycles. The molecular weight excluding hydrogens is 324 g/mol. The van der Waals surface area contributed by atoms with E-state index in [-0.39, 0.29) is 0 Å². The number of hydrogen-bond acceptors (Lipinski definition) is 4. The highest BCUT2D eigenvalue weighted by molar-refractivity contribution is 9.10. The van der Waals surface area contributed by atoms with Gasteiger partial charge in [-0.2, -0.15) is 5.26 Å². The number of aryl methyl sites for hydroxylation is 1. The van der Waals surface area contributed by atoms with Crippen LogP contribution in [0, 0.1) is 11.3 Å². The fourth-order valence-electron chi connectivity index (χ4n) is 1.70. The third-order valence-electron chi connectivity index (χ3n) is 2.68. The van der Waals surface area contributed by atoms with Crippen LogP contribution in [0.3, 0.4) is 0 Å². The molecule has 1 heterocycles. The van der Waals surface area contributed by atoms with E-state index in [4.69, 9.17) is 10.00 Å². The van der Waals surface area contributed by atoms with Crippen molar-refractivity contribution in [2.75, 3.05) is 7.11 Å². The number of ether oxygens (including phenoxy) is 1. The Kier molecular flexibility index (Phi) is 4.94. The van der Waals surface area contributed by atoms with Gasteiger partial charge in [-0.05, 0) is 40.5 Å². The van der Waals surface area contributed by atoms with Gasteiger partial charge in [0.2, 0.25) is 0 Å². The van der Waals surface area contributed by atoms with Crippen LogP contribution in [0.4, 0.5) is 0 Å². The summed E-state index contributed by atoms with van der Waals surface area (Å²) in [4.78, 5) is 4.60. The lowest BCUT2D eigenvalue weighted by molar-refractivity contribution is 0.412. The van der Waals surface area contributed by atoms with E-state index in [2.05, 4.69) is 32.4 Å². The molecule has 19 heavy (non-hydrogen) atoms. The first kappa shape index (κ1) is 14.0. The number of methoxy groups -OCH3 is 1. The van der Waals surface area contributed by atoms with Gasteiger partial charge in [0.25, 0.3) is 0 Å². The SMILES string of the molecule is COc1ccc(-c2csc(CCCC#N)n2)cc1Br. The van der Waals surface area contributed by atoms with Crippen LogP contribution < -0.4 is 4.74 Å². The largest absolute Gasteiger partial charge is 0.496 e. The molecule has 0 bridgehead atoms. The van der Waals surface area contributed by atoms with E-state index >= 15 is 0 Å². The molecule has 0 amide bonds. The Morgan fingerprint density at radius 3 is 3.00 bits per heavy atom. The summed E-state index contributed by atoms with van der Waals surface area (Å²) in [5.74, 6) is 0.813. The van der Waals surface area contributed by atoms with Gasteiger partial charge >= 0.3 is 0 Å². The van der Waals surface area contributed by atoms with Crippen LogP contribution in [0.25, 0.3) is 11.3 Å². The molecule has 0 N–H and O–H groups in total. The second-order valence-electron chi connectivity index (χ2n) is 3.99. The van der Waals surface area contributed by atoms with Crippen LogP contribution in [-0.2, 0) is 6.42 Å². The summed E-state index contributed by atoms with van der Waals surface area (Å²) in [6, 6.07) is 8.08. The molecule has 0 spiro atoms. The Morgan fingerprint density at radius 2 is 2.32 bits per heavy atom. The van der Waals surface area contributed by atoms with E-state index in [1.165, 1.54) is 0 Å². The van der Waals surface area contributed by atoms with Crippen molar-refractivity contribution in [3.8, 4) is 23.1 Å². The number of hydrogen-bond donors (Lipinski definition) is 0. The number of unbranched alkanes of at least 4 members (excludes halogenated alkanes) is 1. The summed E-state index contributed by atoms with van der Waals surface area (Å²) < 4.78 is 6.13. The molecule has 98 valence electrons. The molecule has 2 aromatic rings. The van der Waals surface area contributed by atoms with Crippen molar-refractivity contribution in [1.82, 2.24) is 4.98 Å². The highest BCUT2D eigenvalue weighted by Gasteiger charge is 2.07. The van der Waals surface area contributed by atoms with Crippen molar-refractivity contribution in [2.24, 2.45) is 0 Å². The molecule has 1 aromatic carbocycles. The molecule has 0 atom stereocenters. The predicted molar refractivity (Wildman–Crippen MR) is 80.4 cm³/mol. The van der Waals surface area contributed by atoms with Crippen LogP contribution >= 0.6 is 27.3 Å². The number of nitriles is 1. The zero-order chi connectivity index (χ0) is 13.7. The summed E-state index contributed by atoms with van der Waals surface area (Å²) in [5, 5.41) is 11.7. The predicted octanol–water partition coefficient (Wildman–Crippen LogP) is 4.43. The van der Waals surface area contributed by atoms with Crippen molar-refractivity contribution >= 4 is 27.3 Å². The minimum atomic E-state index is 0.586. The van der Waals surface area contributed by atoms with Gasteiger partial charge < -0.3 is 4.74 Å². The Balaban J connectivity index is 2.14. The summed E-state index contributed by atoms with van der Waals surface area (Å²) in [6.45, 7) is 0. The highest BCUT2D eigenvalue weighted by atomic mass is 79.9. The van der Waals surface area contributed by atoms with Crippen LogP contribution in [0.2, 0.25) is 0 Å². The summed E-state index contributed by atoms with van der Waals surface area (Å²) in [6.07, 6.45) is 2.33. The molecule has 1 aromatic heterocycles. The van der Waals surface area contributed by atoms with Crippen molar-refractivity contribution in [3.63, 3.8) is 0 Å². The molecule has 0 aliphatic rings. The van der Waals surface area contributed by atoms with E-state index in [0.29, 0.717) is 6.42 Å². The molecule has 5 heteroatoms. The van der Waals surface area contributed by atoms with Gasteiger partial charge in [-0.1, -0.05) is 0 Å². The number of thiazole rings is 1. The summed E-state index contributed by atoms with van der Waals surface area (Å²) >= 11 is 5.12. The van der Waals surface area contributed by atoms with Gasteiger partial charge in [0.05, 0.1) is 28.4 Å². The third-order valence-corrected chi connectivity index (χ3v) is 4.21. The fourth-order valence-corrected chi connectivity index (χ4v) is 3.09. The Morgan fingerprint density at radius 1 is 1.47 bits per heavy atom. The normalized spacial score (nSPS) is 10.2. The molecule has 0 aliphatic carbocycles. The molecule has 0 radical (unpaired) electrons. The molecule has 0 aliphatic heterocycles. The lowest BCUT2D eigenvalue weighted by Crippen LogP contribution is -1.87. The van der Waals surface area contributed by atoms with E-state index in [0.717, 1.165) is 39.3 Å². The first-order valence-electron chi connectivity index (χ1n) is 5.90. The maximum absolute atomic E-state index is 8.52. The molecule has 0 fully saturated rings. The van der Waals surface area contributed by atoms with E-state index < -0.39 is 0 Å². The highest BCUT2D eigenvalue weighted by Crippen LogP contribution is 2.31. The topological polar surface area (TPSA) is 45.9 Å². The number of benzene rings is 1. The molecule has 2 rings (SSSR count). The Bertz CT molecular complexity index is 604. The minimum Gasteiger partial charge on any atom is -0.496 e. The van der Waals surface area contributed by atoms with Gasteiger partial charge in [-0.15, -0.1) is 11.3 Å². The average molecular weight is 337 g/mol. The van der Waals surface area contributed by atoms with E-state index in [9.17, 15) is 0 Å². The monoisotopic (exact) mass is 336 g/mol. The summed E-state index contributed by atoms with van der Waals surface area (Å²) in [5.41, 5.74) is 2.04.